The zero-order valence-electron chi connectivity index (χ0n) is 9.66. The molecular formula is C11H10Cl3F4N. The topological polar surface area (TPSA) is 12.0 Å². The predicted molar refractivity (Wildman–Crippen MR) is 68.8 cm³/mol. The van der Waals surface area contributed by atoms with Crippen molar-refractivity contribution in [3.8, 4) is 0 Å². The van der Waals surface area contributed by atoms with E-state index in [2.05, 4.69) is 5.32 Å². The van der Waals surface area contributed by atoms with Crippen LogP contribution >= 0.6 is 34.8 Å². The van der Waals surface area contributed by atoms with Gasteiger partial charge >= 0.3 is 12.3 Å². The zero-order chi connectivity index (χ0) is 14.8. The molecule has 0 radical (unpaired) electrons. The van der Waals surface area contributed by atoms with Crippen LogP contribution < -0.4 is 5.32 Å². The average molecular weight is 339 g/mol. The van der Waals surface area contributed by atoms with Gasteiger partial charge in [-0.3, -0.25) is 0 Å². The maximum absolute atomic E-state index is 12.8. The summed E-state index contributed by atoms with van der Waals surface area (Å²) in [6.07, 6.45) is -3.73. The zero-order valence-corrected chi connectivity index (χ0v) is 11.9. The van der Waals surface area contributed by atoms with E-state index in [0.717, 1.165) is 0 Å². The van der Waals surface area contributed by atoms with E-state index in [1.165, 1.54) is 19.1 Å². The number of rotatable bonds is 5. The third-order valence-electron chi connectivity index (χ3n) is 2.49. The van der Waals surface area contributed by atoms with Crippen molar-refractivity contribution in [1.82, 2.24) is 5.32 Å². The van der Waals surface area contributed by atoms with Gasteiger partial charge in [0.1, 0.15) is 0 Å². The molecule has 108 valence electrons. The van der Waals surface area contributed by atoms with Crippen molar-refractivity contribution in [2.24, 2.45) is 0 Å². The van der Waals surface area contributed by atoms with Crippen LogP contribution in [0.2, 0.25) is 15.1 Å². The first-order chi connectivity index (χ1) is 8.66. The van der Waals surface area contributed by atoms with Gasteiger partial charge in [-0.25, -0.2) is 8.78 Å². The van der Waals surface area contributed by atoms with E-state index < -0.39 is 24.9 Å². The normalized spacial score (nSPS) is 13.9. The minimum atomic E-state index is -4.10. The molecular weight excluding hydrogens is 328 g/mol. The molecule has 1 unspecified atom stereocenters. The molecule has 1 aromatic carbocycles. The van der Waals surface area contributed by atoms with Crippen LogP contribution in [-0.2, 0) is 0 Å². The van der Waals surface area contributed by atoms with Gasteiger partial charge in [0.2, 0.25) is 0 Å². The van der Waals surface area contributed by atoms with Crippen molar-refractivity contribution < 1.29 is 17.6 Å². The van der Waals surface area contributed by atoms with Crippen molar-refractivity contribution in [2.75, 3.05) is 6.54 Å². The first-order valence-electron chi connectivity index (χ1n) is 5.19. The molecule has 0 aromatic heterocycles. The van der Waals surface area contributed by atoms with Crippen molar-refractivity contribution in [1.29, 1.82) is 0 Å². The van der Waals surface area contributed by atoms with E-state index in [4.69, 9.17) is 34.8 Å². The van der Waals surface area contributed by atoms with E-state index in [1.807, 2.05) is 0 Å². The summed E-state index contributed by atoms with van der Waals surface area (Å²) in [6, 6.07) is 2.27. The quantitative estimate of drug-likeness (QED) is 0.575. The number of halogens is 7. The summed E-state index contributed by atoms with van der Waals surface area (Å²) in [5.41, 5.74) is 0.404. The van der Waals surface area contributed by atoms with Gasteiger partial charge in [-0.15, -0.1) is 0 Å². The Bertz CT molecular complexity index is 454. The lowest BCUT2D eigenvalue weighted by Gasteiger charge is -2.21. The Labute approximate surface area is 122 Å². The molecule has 0 heterocycles. The Morgan fingerprint density at radius 2 is 1.74 bits per heavy atom. The number of nitrogens with one attached hydrogen (secondary N) is 1. The van der Waals surface area contributed by atoms with Crippen LogP contribution in [0.3, 0.4) is 0 Å². The Hall–Kier alpha value is -0.230. The van der Waals surface area contributed by atoms with Crippen LogP contribution in [-0.4, -0.2) is 18.9 Å². The second kappa shape index (κ2) is 6.48. The molecule has 1 N–H and O–H groups in total. The van der Waals surface area contributed by atoms with Gasteiger partial charge in [0.05, 0.1) is 21.6 Å². The molecule has 0 saturated carbocycles. The first-order valence-corrected chi connectivity index (χ1v) is 6.33. The van der Waals surface area contributed by atoms with Gasteiger partial charge in [0.15, 0.2) is 0 Å². The highest BCUT2D eigenvalue weighted by molar-refractivity contribution is 6.48. The average Bonchev–Trinajstić information content (AvgIpc) is 2.33. The van der Waals surface area contributed by atoms with Crippen molar-refractivity contribution in [3.63, 3.8) is 0 Å². The fourth-order valence-corrected chi connectivity index (χ4v) is 2.06. The highest BCUT2D eigenvalue weighted by atomic mass is 35.5. The Morgan fingerprint density at radius 1 is 1.16 bits per heavy atom. The molecule has 1 atom stereocenters. The second-order valence-corrected chi connectivity index (χ2v) is 5.09. The Kier molecular flexibility index (Phi) is 5.74. The van der Waals surface area contributed by atoms with Crippen LogP contribution in [0.1, 0.15) is 18.5 Å². The maximum Gasteiger partial charge on any atom is 0.319 e. The van der Waals surface area contributed by atoms with Gasteiger partial charge in [-0.05, 0) is 18.6 Å². The molecule has 0 aliphatic rings. The lowest BCUT2D eigenvalue weighted by atomic mass is 10.1. The van der Waals surface area contributed by atoms with E-state index >= 15 is 0 Å². The molecule has 0 amide bonds. The van der Waals surface area contributed by atoms with E-state index in [9.17, 15) is 17.6 Å². The molecule has 1 nitrogen and oxygen atoms in total. The van der Waals surface area contributed by atoms with Gasteiger partial charge in [0.25, 0.3) is 0 Å². The SMILES string of the molecule is CC(NCC(F)(F)C(F)F)c1ccc(Cl)c(Cl)c1Cl. The lowest BCUT2D eigenvalue weighted by Crippen LogP contribution is -2.39. The smallest absolute Gasteiger partial charge is 0.304 e. The van der Waals surface area contributed by atoms with Crippen LogP contribution in [0, 0.1) is 0 Å². The van der Waals surface area contributed by atoms with Gasteiger partial charge in [-0.2, -0.15) is 8.78 Å². The van der Waals surface area contributed by atoms with E-state index in [1.54, 1.807) is 0 Å². The van der Waals surface area contributed by atoms with E-state index in [0.29, 0.717) is 5.56 Å². The van der Waals surface area contributed by atoms with Crippen molar-refractivity contribution in [2.45, 2.75) is 25.3 Å². The Morgan fingerprint density at radius 3 is 2.26 bits per heavy atom. The largest absolute Gasteiger partial charge is 0.319 e. The Balaban J connectivity index is 2.80. The molecule has 19 heavy (non-hydrogen) atoms. The molecule has 1 aromatic rings. The molecule has 0 aliphatic heterocycles. The van der Waals surface area contributed by atoms with Gasteiger partial charge in [0, 0.05) is 6.04 Å². The molecule has 0 fully saturated rings. The molecule has 1 rings (SSSR count). The number of benzene rings is 1. The summed E-state index contributed by atoms with van der Waals surface area (Å²) in [4.78, 5) is 0. The molecule has 0 bridgehead atoms. The van der Waals surface area contributed by atoms with Crippen LogP contribution in [0.25, 0.3) is 0 Å². The lowest BCUT2D eigenvalue weighted by molar-refractivity contribution is -0.126. The number of hydrogen-bond acceptors (Lipinski definition) is 1. The summed E-state index contributed by atoms with van der Waals surface area (Å²) in [7, 11) is 0. The molecule has 0 saturated heterocycles. The molecule has 8 heteroatoms. The fourth-order valence-electron chi connectivity index (χ4n) is 1.35. The third-order valence-corrected chi connectivity index (χ3v) is 3.80. The summed E-state index contributed by atoms with van der Waals surface area (Å²) < 4.78 is 49.6. The summed E-state index contributed by atoms with van der Waals surface area (Å²) in [5.74, 6) is -4.10. The molecule has 0 spiro atoms. The van der Waals surface area contributed by atoms with E-state index in [-0.39, 0.29) is 15.1 Å². The standard InChI is InChI=1S/C11H10Cl3F4N/c1-5(19-4-11(17,18)10(15)16)6-2-3-7(12)9(14)8(6)13/h2-3,5,10,19H,4H2,1H3. The predicted octanol–water partition coefficient (Wildman–Crippen LogP) is 5.20. The van der Waals surface area contributed by atoms with Gasteiger partial charge < -0.3 is 5.32 Å². The fraction of sp³-hybridized carbons (Fsp3) is 0.455. The summed E-state index contributed by atoms with van der Waals surface area (Å²) >= 11 is 17.4. The number of alkyl halides is 4. The highest BCUT2D eigenvalue weighted by Gasteiger charge is 2.40. The first kappa shape index (κ1) is 16.8. The summed E-state index contributed by atoms with van der Waals surface area (Å²) in [5, 5.41) is 2.71. The minimum Gasteiger partial charge on any atom is -0.304 e. The van der Waals surface area contributed by atoms with Crippen LogP contribution in [0.4, 0.5) is 17.6 Å². The number of hydrogen-bond donors (Lipinski definition) is 1. The third kappa shape index (κ3) is 4.12. The van der Waals surface area contributed by atoms with Crippen molar-refractivity contribution >= 4 is 34.8 Å². The minimum absolute atomic E-state index is 0.0927. The van der Waals surface area contributed by atoms with Crippen LogP contribution in [0.15, 0.2) is 12.1 Å². The molecule has 0 aliphatic carbocycles. The van der Waals surface area contributed by atoms with Crippen molar-refractivity contribution in [3.05, 3.63) is 32.8 Å². The van der Waals surface area contributed by atoms with Crippen LogP contribution in [0.5, 0.6) is 0 Å². The highest BCUT2D eigenvalue weighted by Crippen LogP contribution is 2.35. The summed E-state index contributed by atoms with van der Waals surface area (Å²) in [6.45, 7) is 0.343. The monoisotopic (exact) mass is 337 g/mol. The maximum atomic E-state index is 12.8. The second-order valence-electron chi connectivity index (χ2n) is 3.93. The van der Waals surface area contributed by atoms with Gasteiger partial charge in [-0.1, -0.05) is 40.9 Å².